The summed E-state index contributed by atoms with van der Waals surface area (Å²) in [5.74, 6) is -0.648. The molecule has 2 aliphatic rings. The van der Waals surface area contributed by atoms with Gasteiger partial charge in [0, 0.05) is 36.2 Å². The van der Waals surface area contributed by atoms with E-state index < -0.39 is 23.8 Å². The predicted octanol–water partition coefficient (Wildman–Crippen LogP) is 3.23. The molecule has 0 aromatic carbocycles. The van der Waals surface area contributed by atoms with Gasteiger partial charge < -0.3 is 15.7 Å². The maximum absolute atomic E-state index is 15.1. The molecular weight excluding hydrogens is 489 g/mol. The number of aromatic nitrogens is 5. The van der Waals surface area contributed by atoms with Crippen molar-refractivity contribution in [1.82, 2.24) is 30.3 Å². The summed E-state index contributed by atoms with van der Waals surface area (Å²) in [7, 11) is 0. The predicted molar refractivity (Wildman–Crippen MR) is 139 cm³/mol. The number of carbonyl (C=O) groups excluding carboxylic acids is 2. The number of halogens is 1. The summed E-state index contributed by atoms with van der Waals surface area (Å²) in [6, 6.07) is 4.00. The smallest absolute Gasteiger partial charge is 0.270 e. The minimum atomic E-state index is -0.781. The van der Waals surface area contributed by atoms with Gasteiger partial charge in [-0.1, -0.05) is 6.92 Å². The van der Waals surface area contributed by atoms with Crippen LogP contribution in [0.4, 0.5) is 10.2 Å². The number of aryl methyl sites for hydroxylation is 3. The molecule has 3 aromatic rings. The number of H-pyrrole nitrogens is 1. The summed E-state index contributed by atoms with van der Waals surface area (Å²) < 4.78 is 16.7. The van der Waals surface area contributed by atoms with Crippen molar-refractivity contribution in [2.45, 2.75) is 65.0 Å². The third kappa shape index (κ3) is 5.47. The highest BCUT2D eigenvalue weighted by molar-refractivity contribution is 6.00. The van der Waals surface area contributed by atoms with E-state index in [2.05, 4.69) is 30.9 Å². The zero-order chi connectivity index (χ0) is 26.8. The van der Waals surface area contributed by atoms with Gasteiger partial charge in [-0.15, -0.1) is 0 Å². The number of nitrogens with one attached hydrogen (secondary N) is 3. The van der Waals surface area contributed by atoms with Crippen LogP contribution in [0.3, 0.4) is 0 Å². The highest BCUT2D eigenvalue weighted by atomic mass is 19.1. The van der Waals surface area contributed by atoms with Crippen LogP contribution < -0.4 is 10.6 Å². The molecule has 11 heteroatoms. The van der Waals surface area contributed by atoms with Gasteiger partial charge >= 0.3 is 0 Å². The Morgan fingerprint density at radius 1 is 1.21 bits per heavy atom. The Morgan fingerprint density at radius 2 is 1.95 bits per heavy atom. The van der Waals surface area contributed by atoms with E-state index in [-0.39, 0.29) is 18.3 Å². The highest BCUT2D eigenvalue weighted by Gasteiger charge is 2.48. The lowest BCUT2D eigenvalue weighted by atomic mass is 9.88. The Labute approximate surface area is 220 Å². The van der Waals surface area contributed by atoms with E-state index in [4.69, 9.17) is 5.11 Å². The van der Waals surface area contributed by atoms with Crippen LogP contribution in [0.25, 0.3) is 11.1 Å². The van der Waals surface area contributed by atoms with Crippen molar-refractivity contribution in [3.63, 3.8) is 0 Å². The van der Waals surface area contributed by atoms with E-state index in [0.29, 0.717) is 48.0 Å². The molecular formula is C27H34FN7O3. The minimum absolute atomic E-state index is 0.0116. The quantitative estimate of drug-likeness (QED) is 0.269. The number of anilines is 1. The van der Waals surface area contributed by atoms with Crippen molar-refractivity contribution in [2.75, 3.05) is 11.9 Å². The number of pyridine rings is 1. The molecule has 0 radical (unpaired) electrons. The molecule has 5 rings (SSSR count). The number of amides is 2. The number of aliphatic hydroxyl groups excluding tert-OH is 1. The third-order valence-corrected chi connectivity index (χ3v) is 7.49. The number of hydrogen-bond acceptors (Lipinski definition) is 6. The van der Waals surface area contributed by atoms with Crippen LogP contribution in [0.2, 0.25) is 0 Å². The number of hydrogen-bond donors (Lipinski definition) is 4. The van der Waals surface area contributed by atoms with Gasteiger partial charge in [0.25, 0.3) is 5.91 Å². The molecule has 0 saturated heterocycles. The number of aliphatic hydroxyl groups is 1. The molecule has 1 atom stereocenters. The third-order valence-electron chi connectivity index (χ3n) is 7.49. The first-order valence-corrected chi connectivity index (χ1v) is 13.4. The fourth-order valence-corrected chi connectivity index (χ4v) is 5.35. The van der Waals surface area contributed by atoms with Gasteiger partial charge in [0.15, 0.2) is 0 Å². The molecule has 0 bridgehead atoms. The normalized spacial score (nSPS) is 16.0. The Bertz CT molecular complexity index is 1300. The molecule has 0 spiro atoms. The molecule has 2 fully saturated rings. The van der Waals surface area contributed by atoms with E-state index in [0.717, 1.165) is 37.1 Å². The zero-order valence-electron chi connectivity index (χ0n) is 21.7. The average Bonchev–Trinajstić information content (AvgIpc) is 3.83. The number of aromatic amines is 1. The molecule has 2 saturated carbocycles. The Kier molecular flexibility index (Phi) is 7.55. The van der Waals surface area contributed by atoms with Crippen molar-refractivity contribution in [1.29, 1.82) is 0 Å². The van der Waals surface area contributed by atoms with Crippen LogP contribution in [0.1, 0.15) is 60.9 Å². The van der Waals surface area contributed by atoms with Gasteiger partial charge in [-0.05, 0) is 81.4 Å². The maximum Gasteiger partial charge on any atom is 0.270 e. The minimum Gasteiger partial charge on any atom is -0.396 e. The topological polar surface area (TPSA) is 138 Å². The van der Waals surface area contributed by atoms with Crippen molar-refractivity contribution in [3.8, 4) is 11.1 Å². The Morgan fingerprint density at radius 3 is 2.58 bits per heavy atom. The maximum atomic E-state index is 15.1. The van der Waals surface area contributed by atoms with Crippen LogP contribution >= 0.6 is 0 Å². The molecule has 3 heterocycles. The van der Waals surface area contributed by atoms with E-state index in [1.165, 1.54) is 10.9 Å². The van der Waals surface area contributed by atoms with Crippen LogP contribution in [0, 0.1) is 30.6 Å². The van der Waals surface area contributed by atoms with Gasteiger partial charge in [0.1, 0.15) is 17.6 Å². The van der Waals surface area contributed by atoms with Gasteiger partial charge in [0.2, 0.25) is 11.9 Å². The van der Waals surface area contributed by atoms with Crippen LogP contribution in [0.5, 0.6) is 0 Å². The average molecular weight is 524 g/mol. The van der Waals surface area contributed by atoms with E-state index in [9.17, 15) is 9.59 Å². The Hall–Kier alpha value is -3.60. The Balaban J connectivity index is 1.37. The van der Waals surface area contributed by atoms with E-state index >= 15 is 4.39 Å². The number of carbonyl (C=O) groups is 2. The van der Waals surface area contributed by atoms with E-state index in [1.54, 1.807) is 18.2 Å². The summed E-state index contributed by atoms with van der Waals surface area (Å²) >= 11 is 0. The van der Waals surface area contributed by atoms with Crippen molar-refractivity contribution < 1.29 is 19.1 Å². The second kappa shape index (κ2) is 11.0. The molecule has 10 nitrogen and oxygen atoms in total. The van der Waals surface area contributed by atoms with Gasteiger partial charge in [0.05, 0.1) is 5.69 Å². The molecule has 2 amide bonds. The summed E-state index contributed by atoms with van der Waals surface area (Å²) in [5.41, 5.74) is 2.83. The molecule has 38 heavy (non-hydrogen) atoms. The second-order valence-corrected chi connectivity index (χ2v) is 10.3. The van der Waals surface area contributed by atoms with Gasteiger partial charge in [-0.3, -0.25) is 19.4 Å². The summed E-state index contributed by atoms with van der Waals surface area (Å²) in [6.07, 6.45) is 6.74. The standard InChI is InChI=1S/C27H34FN7O3/c1-3-19-22(15(2)33-34-19)18-9-10-21(30-25(18)28)31-27(38)24(23(16-5-6-16)17-7-8-17)32-26(37)20-11-12-29-35(20)13-4-14-36/h9-12,16-17,23-24,36H,3-8,13-14H2,1-2H3,(H,32,37)(H,33,34)(H,30,31,38)/t24-/m0/s1. The number of rotatable bonds is 12. The number of nitrogens with zero attached hydrogens (tertiary/aromatic N) is 4. The van der Waals surface area contributed by atoms with Crippen molar-refractivity contribution in [2.24, 2.45) is 17.8 Å². The zero-order valence-corrected chi connectivity index (χ0v) is 21.7. The SMILES string of the molecule is CCc1n[nH]c(C)c1-c1ccc(NC(=O)[C@@H](NC(=O)c2ccnn2CCCO)C(C2CC2)C2CC2)nc1F. The van der Waals surface area contributed by atoms with Crippen LogP contribution in [-0.2, 0) is 17.8 Å². The van der Waals surface area contributed by atoms with Crippen molar-refractivity contribution >= 4 is 17.6 Å². The fraction of sp³-hybridized carbons (Fsp3) is 0.519. The monoisotopic (exact) mass is 523 g/mol. The molecule has 2 aliphatic carbocycles. The molecule has 0 unspecified atom stereocenters. The van der Waals surface area contributed by atoms with Crippen molar-refractivity contribution in [3.05, 3.63) is 47.4 Å². The van der Waals surface area contributed by atoms with Crippen LogP contribution in [-0.4, -0.2) is 54.5 Å². The lowest BCUT2D eigenvalue weighted by molar-refractivity contribution is -0.119. The molecule has 3 aromatic heterocycles. The molecule has 4 N–H and O–H groups in total. The van der Waals surface area contributed by atoms with Gasteiger partial charge in [-0.2, -0.15) is 14.6 Å². The second-order valence-electron chi connectivity index (χ2n) is 10.3. The summed E-state index contributed by atoms with van der Waals surface area (Å²) in [4.78, 5) is 30.9. The molecule has 0 aliphatic heterocycles. The first-order chi connectivity index (χ1) is 18.4. The lowest BCUT2D eigenvalue weighted by Gasteiger charge is -2.27. The van der Waals surface area contributed by atoms with Gasteiger partial charge in [-0.25, -0.2) is 4.98 Å². The fourth-order valence-electron chi connectivity index (χ4n) is 5.35. The highest BCUT2D eigenvalue weighted by Crippen LogP contribution is 2.51. The first kappa shape index (κ1) is 26.0. The summed E-state index contributed by atoms with van der Waals surface area (Å²) in [6.45, 7) is 4.15. The molecule has 202 valence electrons. The lowest BCUT2D eigenvalue weighted by Crippen LogP contribution is -2.50. The first-order valence-electron chi connectivity index (χ1n) is 13.4. The largest absolute Gasteiger partial charge is 0.396 e. The van der Waals surface area contributed by atoms with E-state index in [1.807, 2.05) is 13.8 Å². The van der Waals surface area contributed by atoms with Crippen LogP contribution in [0.15, 0.2) is 24.4 Å². The summed E-state index contributed by atoms with van der Waals surface area (Å²) in [5, 5.41) is 26.2.